The minimum Gasteiger partial charge on any atom is -0.506 e. The Morgan fingerprint density at radius 2 is 1.68 bits per heavy atom. The second-order valence-electron chi connectivity index (χ2n) is 13.3. The van der Waals surface area contributed by atoms with Crippen LogP contribution in [0.5, 0.6) is 0 Å². The number of allylic oxidation sites excluding steroid dienone is 6. The standard InChI is InChI=1S/C35H39N3O6/c1-21-12-13-24(37(41)42)17-28(21)34(3,4)22(2)16-26-32(39)27(33(26)40)19-31-35(5,6)29-18-25(38(43)44)14-15-30(29)36(31)20-23-10-8-7-9-11-23/h12-19,23,39H,2,7-11,20H2,1,3-6H3/b26-16+,31-19-. The minimum absolute atomic E-state index is 0.0165. The van der Waals surface area contributed by atoms with Crippen LogP contribution in [-0.4, -0.2) is 27.3 Å². The van der Waals surface area contributed by atoms with Gasteiger partial charge in [0.25, 0.3) is 11.4 Å². The highest BCUT2D eigenvalue weighted by atomic mass is 16.6. The maximum absolute atomic E-state index is 13.5. The largest absolute Gasteiger partial charge is 0.506 e. The molecule has 1 heterocycles. The lowest BCUT2D eigenvalue weighted by Gasteiger charge is -2.33. The van der Waals surface area contributed by atoms with Crippen molar-refractivity contribution >= 4 is 22.8 Å². The first-order valence-corrected chi connectivity index (χ1v) is 15.1. The first-order chi connectivity index (χ1) is 20.6. The molecule has 9 heteroatoms. The number of aryl methyl sites for hydroxylation is 1. The first kappa shape index (κ1) is 30.9. The zero-order chi connectivity index (χ0) is 32.1. The molecular weight excluding hydrogens is 558 g/mol. The van der Waals surface area contributed by atoms with Crippen molar-refractivity contribution in [2.45, 2.75) is 77.6 Å². The van der Waals surface area contributed by atoms with E-state index in [9.17, 15) is 30.1 Å². The lowest BCUT2D eigenvalue weighted by Crippen LogP contribution is -2.33. The van der Waals surface area contributed by atoms with Gasteiger partial charge in [-0.1, -0.05) is 59.6 Å². The number of benzene rings is 2. The fourth-order valence-electron chi connectivity index (χ4n) is 6.83. The van der Waals surface area contributed by atoms with Crippen LogP contribution < -0.4 is 4.90 Å². The van der Waals surface area contributed by atoms with Gasteiger partial charge in [0.1, 0.15) is 5.76 Å². The van der Waals surface area contributed by atoms with Crippen molar-refractivity contribution in [3.63, 3.8) is 0 Å². The number of hydrogen-bond donors (Lipinski definition) is 1. The Balaban J connectivity index is 1.52. The fourth-order valence-corrected chi connectivity index (χ4v) is 6.83. The van der Waals surface area contributed by atoms with E-state index in [1.165, 1.54) is 37.5 Å². The zero-order valence-corrected chi connectivity index (χ0v) is 26.0. The summed E-state index contributed by atoms with van der Waals surface area (Å²) in [7, 11) is 0. The predicted octanol–water partition coefficient (Wildman–Crippen LogP) is 8.23. The molecule has 1 saturated carbocycles. The normalized spacial score (nSPS) is 20.2. The van der Waals surface area contributed by atoms with E-state index in [-0.39, 0.29) is 34.1 Å². The molecule has 0 spiro atoms. The van der Waals surface area contributed by atoms with Crippen molar-refractivity contribution in [2.75, 3.05) is 11.4 Å². The Kier molecular flexibility index (Phi) is 7.86. The molecule has 5 rings (SSSR count). The molecule has 2 aliphatic carbocycles. The van der Waals surface area contributed by atoms with Crippen molar-refractivity contribution in [1.29, 1.82) is 0 Å². The number of ketones is 1. The van der Waals surface area contributed by atoms with E-state index >= 15 is 0 Å². The molecule has 1 fully saturated rings. The number of hydrogen-bond acceptors (Lipinski definition) is 7. The van der Waals surface area contributed by atoms with Crippen molar-refractivity contribution in [3.8, 4) is 0 Å². The summed E-state index contributed by atoms with van der Waals surface area (Å²) in [4.78, 5) is 37.9. The van der Waals surface area contributed by atoms with E-state index in [4.69, 9.17) is 0 Å². The Hall–Kier alpha value is -4.53. The highest BCUT2D eigenvalue weighted by Gasteiger charge is 2.44. The molecule has 0 amide bonds. The molecule has 0 aromatic heterocycles. The predicted molar refractivity (Wildman–Crippen MR) is 171 cm³/mol. The topological polar surface area (TPSA) is 127 Å². The van der Waals surface area contributed by atoms with Crippen molar-refractivity contribution < 1.29 is 19.7 Å². The molecule has 3 aliphatic rings. The smallest absolute Gasteiger partial charge is 0.269 e. The Labute approximate surface area is 257 Å². The number of aliphatic hydroxyl groups excluding tert-OH is 1. The average Bonchev–Trinajstić information content (AvgIpc) is 3.19. The minimum atomic E-state index is -0.752. The number of aliphatic hydroxyl groups is 1. The monoisotopic (exact) mass is 597 g/mol. The lowest BCUT2D eigenvalue weighted by atomic mass is 9.74. The number of non-ortho nitro benzene ring substituents is 2. The van der Waals surface area contributed by atoms with Crippen LogP contribution in [0.4, 0.5) is 17.1 Å². The van der Waals surface area contributed by atoms with Crippen LogP contribution in [0.15, 0.2) is 83.3 Å². The number of nitro benzene ring substituents is 2. The highest BCUT2D eigenvalue weighted by Crippen LogP contribution is 2.51. The number of fused-ring (bicyclic) bond motifs is 1. The van der Waals surface area contributed by atoms with Gasteiger partial charge in [-0.25, -0.2) is 0 Å². The summed E-state index contributed by atoms with van der Waals surface area (Å²) in [6, 6.07) is 9.61. The molecule has 2 aromatic carbocycles. The number of rotatable bonds is 8. The summed E-state index contributed by atoms with van der Waals surface area (Å²) in [5.74, 6) is 0.00525. The maximum Gasteiger partial charge on any atom is 0.269 e. The summed E-state index contributed by atoms with van der Waals surface area (Å²) in [6.45, 7) is 14.5. The quantitative estimate of drug-likeness (QED) is 0.184. The third-order valence-electron chi connectivity index (χ3n) is 9.76. The Morgan fingerprint density at radius 1 is 1.07 bits per heavy atom. The number of nitrogens with zero attached hydrogens (tertiary/aromatic N) is 3. The van der Waals surface area contributed by atoms with Crippen LogP contribution in [0.1, 0.15) is 76.5 Å². The average molecular weight is 598 g/mol. The van der Waals surface area contributed by atoms with Gasteiger partial charge in [0.2, 0.25) is 5.78 Å². The molecule has 0 radical (unpaired) electrons. The molecule has 230 valence electrons. The summed E-state index contributed by atoms with van der Waals surface area (Å²) in [5.41, 5.74) is 3.54. The molecule has 0 unspecified atom stereocenters. The zero-order valence-electron chi connectivity index (χ0n) is 26.0. The van der Waals surface area contributed by atoms with Crippen LogP contribution >= 0.6 is 0 Å². The lowest BCUT2D eigenvalue weighted by molar-refractivity contribution is -0.385. The molecule has 0 saturated heterocycles. The van der Waals surface area contributed by atoms with Gasteiger partial charge in [-0.2, -0.15) is 0 Å². The number of carbonyl (C=O) groups excluding carboxylic acids is 1. The molecule has 2 aromatic rings. The van der Waals surface area contributed by atoms with E-state index in [1.807, 2.05) is 34.6 Å². The number of nitro groups is 2. The maximum atomic E-state index is 13.5. The van der Waals surface area contributed by atoms with Crippen LogP contribution in [0.25, 0.3) is 0 Å². The van der Waals surface area contributed by atoms with Crippen molar-refractivity contribution in [1.82, 2.24) is 0 Å². The number of carbonyl (C=O) groups is 1. The summed E-state index contributed by atoms with van der Waals surface area (Å²) < 4.78 is 0. The van der Waals surface area contributed by atoms with Gasteiger partial charge in [-0.3, -0.25) is 25.0 Å². The summed E-state index contributed by atoms with van der Waals surface area (Å²) >= 11 is 0. The third-order valence-corrected chi connectivity index (χ3v) is 9.76. The number of Topliss-reactive ketones (excluding diaryl/α,β-unsaturated/α-hetero) is 1. The van der Waals surface area contributed by atoms with Crippen LogP contribution in [-0.2, 0) is 15.6 Å². The van der Waals surface area contributed by atoms with E-state index < -0.39 is 20.7 Å². The molecule has 1 N–H and O–H groups in total. The third kappa shape index (κ3) is 5.25. The van der Waals surface area contributed by atoms with Crippen LogP contribution in [0.3, 0.4) is 0 Å². The Morgan fingerprint density at radius 3 is 2.30 bits per heavy atom. The van der Waals surface area contributed by atoms with E-state index in [0.717, 1.165) is 41.9 Å². The summed E-state index contributed by atoms with van der Waals surface area (Å²) in [5, 5.41) is 34.2. The van der Waals surface area contributed by atoms with Gasteiger partial charge in [-0.15, -0.1) is 0 Å². The van der Waals surface area contributed by atoms with Crippen molar-refractivity contribution in [2.24, 2.45) is 5.92 Å². The van der Waals surface area contributed by atoms with Crippen LogP contribution in [0.2, 0.25) is 0 Å². The van der Waals surface area contributed by atoms with Crippen LogP contribution in [0, 0.1) is 33.1 Å². The van der Waals surface area contributed by atoms with Gasteiger partial charge in [-0.05, 0) is 66.2 Å². The molecule has 1 aliphatic heterocycles. The van der Waals surface area contributed by atoms with Gasteiger partial charge in [0.05, 0.1) is 21.0 Å². The van der Waals surface area contributed by atoms with E-state index in [2.05, 4.69) is 11.5 Å². The van der Waals surface area contributed by atoms with E-state index in [0.29, 0.717) is 17.1 Å². The second kappa shape index (κ2) is 11.2. The molecule has 44 heavy (non-hydrogen) atoms. The first-order valence-electron chi connectivity index (χ1n) is 15.1. The Bertz CT molecular complexity index is 1690. The molecular formula is C35H39N3O6. The fraction of sp³-hybridized carbons (Fsp3) is 0.400. The molecule has 0 atom stereocenters. The molecule has 9 nitrogen and oxygen atoms in total. The molecule has 0 bridgehead atoms. The highest BCUT2D eigenvalue weighted by molar-refractivity contribution is 6.21. The SMILES string of the molecule is C=C(/C=C1/C(=O)C(/C=C2\N(CC3CCCCC3)c3ccc([N+](=O)[O-])cc3C2(C)C)=C1O)C(C)(C)c1cc([N+](=O)[O-])ccc1C. The van der Waals surface area contributed by atoms with Gasteiger partial charge < -0.3 is 10.0 Å². The second-order valence-corrected chi connectivity index (χ2v) is 13.3. The van der Waals surface area contributed by atoms with E-state index in [1.54, 1.807) is 30.4 Å². The van der Waals surface area contributed by atoms with Gasteiger partial charge in [0, 0.05) is 53.0 Å². The van der Waals surface area contributed by atoms with Gasteiger partial charge >= 0.3 is 0 Å². The van der Waals surface area contributed by atoms with Gasteiger partial charge in [0.15, 0.2) is 0 Å². The van der Waals surface area contributed by atoms with Crippen molar-refractivity contribution in [3.05, 3.63) is 120 Å². The summed E-state index contributed by atoms with van der Waals surface area (Å²) in [6.07, 6.45) is 9.08. The number of anilines is 1.